The fourth-order valence-corrected chi connectivity index (χ4v) is 0. The lowest BCUT2D eigenvalue weighted by atomic mass is 11.7. The maximum absolute atomic E-state index is 5.54. The fourth-order valence-electron chi connectivity index (χ4n) is 0. The molecule has 2 heteroatoms. The monoisotopic (exact) mass is 56.0 g/mol. The number of hydrogen-bond donors (Lipinski definition) is 0. The Bertz CT molecular complexity index is 6.00. The molecule has 0 N–H and O–H groups in total. The van der Waals surface area contributed by atoms with E-state index in [1.165, 1.54) is 0 Å². The van der Waals surface area contributed by atoms with Gasteiger partial charge in [0.2, 0.25) is 14.2 Å². The molecule has 0 amide bonds. The van der Waals surface area contributed by atoms with Crippen molar-refractivity contribution in [1.29, 1.82) is 0 Å². The molecule has 0 aromatic carbocycles. The predicted octanol–water partition coefficient (Wildman–Crippen LogP) is 0.0258. The molecule has 0 aromatic rings. The normalized spacial score (nSPS) is 7.50. The van der Waals surface area contributed by atoms with Crippen LogP contribution >= 0.6 is 0 Å². The van der Waals surface area contributed by atoms with E-state index in [0.29, 0.717) is 0 Å². The first-order valence-corrected chi connectivity index (χ1v) is 0.575. The van der Waals surface area contributed by atoms with Gasteiger partial charge in [0.05, 0.1) is 0 Å². The van der Waals surface area contributed by atoms with Gasteiger partial charge in [-0.25, -0.2) is 9.78 Å². The average Bonchev–Trinajstić information content (AvgIpc) is 1.37. The molecule has 0 aliphatic carbocycles. The fraction of sp³-hybridized carbons (Fsp3) is 0. The third-order valence-electron chi connectivity index (χ3n) is 0.0417. The second-order valence-electron chi connectivity index (χ2n) is 0.167. The van der Waals surface area contributed by atoms with E-state index in [4.69, 9.17) is 14.2 Å². The van der Waals surface area contributed by atoms with Crippen LogP contribution in [0.4, 0.5) is 0 Å². The molecule has 2 nitrogen and oxygen atoms in total. The van der Waals surface area contributed by atoms with Crippen LogP contribution in [0, 0.1) is 14.2 Å². The highest BCUT2D eigenvalue weighted by Gasteiger charge is 1.54. The highest BCUT2D eigenvalue weighted by Crippen LogP contribution is 1.59. The quantitative estimate of drug-likeness (QED) is 0.311. The molecule has 0 rings (SSSR count). The van der Waals surface area contributed by atoms with Gasteiger partial charge in [0.15, 0.2) is 0 Å². The molecule has 0 heterocycles. The first-order chi connectivity index (χ1) is 1.91. The van der Waals surface area contributed by atoms with Gasteiger partial charge in [-0.2, -0.15) is 0 Å². The molecule has 0 bridgehead atoms. The van der Waals surface area contributed by atoms with Crippen LogP contribution in [0.2, 0.25) is 0 Å². The first-order valence-electron chi connectivity index (χ1n) is 0.575. The van der Waals surface area contributed by atoms with Crippen LogP contribution in [0.5, 0.6) is 0 Å². The zero-order valence-electron chi connectivity index (χ0n) is 1.82. The third-order valence-corrected chi connectivity index (χ3v) is 0.0417. The average molecular weight is 56.0 g/mol. The lowest BCUT2D eigenvalue weighted by Crippen LogP contribution is -1.65. The Kier molecular flexibility index (Phi) is 2.86. The van der Waals surface area contributed by atoms with Crippen molar-refractivity contribution in [3.05, 3.63) is 14.2 Å². The van der Waals surface area contributed by atoms with Gasteiger partial charge in [0.25, 0.3) is 0 Å². The van der Waals surface area contributed by atoms with Crippen LogP contribution in [0.3, 0.4) is 0 Å². The van der Waals surface area contributed by atoms with Gasteiger partial charge < -0.3 is 0 Å². The van der Waals surface area contributed by atoms with Crippen molar-refractivity contribution in [2.24, 2.45) is 0 Å². The summed E-state index contributed by atoms with van der Waals surface area (Å²) >= 11 is 0. The molecule has 6 radical (unpaired) electrons. The summed E-state index contributed by atoms with van der Waals surface area (Å²) in [6.45, 7) is 0. The van der Waals surface area contributed by atoms with E-state index in [1.54, 1.807) is 0 Å². The summed E-state index contributed by atoms with van der Waals surface area (Å²) in [4.78, 5) is 5.92. The molecule has 4 heavy (non-hydrogen) atoms. The summed E-state index contributed by atoms with van der Waals surface area (Å²) < 4.78 is 0. The van der Waals surface area contributed by atoms with Crippen LogP contribution in [0.25, 0.3) is 0 Å². The Hall–Kier alpha value is -0.0800. The van der Waals surface area contributed by atoms with Crippen molar-refractivity contribution in [2.75, 3.05) is 0 Å². The molecule has 0 saturated heterocycles. The maximum atomic E-state index is 5.54. The highest BCUT2D eigenvalue weighted by atomic mass is 17.2. The van der Waals surface area contributed by atoms with E-state index in [0.717, 1.165) is 0 Å². The minimum Gasteiger partial charge on any atom is -0.219 e. The second-order valence-corrected chi connectivity index (χ2v) is 0.167. The van der Waals surface area contributed by atoms with Crippen LogP contribution in [0.1, 0.15) is 0 Å². The molecule has 0 spiro atoms. The third kappa shape index (κ3) is 1.92. The SMILES string of the molecule is [C]OO[C]. The molecule has 0 aromatic heterocycles. The van der Waals surface area contributed by atoms with Crippen molar-refractivity contribution in [3.8, 4) is 0 Å². The molecule has 0 atom stereocenters. The molecule has 0 saturated carbocycles. The van der Waals surface area contributed by atoms with Gasteiger partial charge in [0.1, 0.15) is 0 Å². The standard InChI is InChI=1S/C2O2/c1-3-4-2. The van der Waals surface area contributed by atoms with Crippen molar-refractivity contribution < 1.29 is 9.78 Å². The topological polar surface area (TPSA) is 18.5 Å². The second kappa shape index (κ2) is 2.92. The highest BCUT2D eigenvalue weighted by molar-refractivity contribution is 3.82. The van der Waals surface area contributed by atoms with E-state index < -0.39 is 0 Å². The van der Waals surface area contributed by atoms with Crippen molar-refractivity contribution in [1.82, 2.24) is 0 Å². The van der Waals surface area contributed by atoms with Gasteiger partial charge in [-0.1, -0.05) is 0 Å². The Morgan fingerprint density at radius 1 is 1.00 bits per heavy atom. The predicted molar refractivity (Wildman–Crippen MR) is 8.66 cm³/mol. The Balaban J connectivity index is 1.97. The van der Waals surface area contributed by atoms with Crippen molar-refractivity contribution in [2.45, 2.75) is 0 Å². The Labute approximate surface area is 25.3 Å². The summed E-state index contributed by atoms with van der Waals surface area (Å²) in [6, 6.07) is 0. The largest absolute Gasteiger partial charge is 0.219 e. The molecular formula is C2O2. The lowest BCUT2D eigenvalue weighted by Gasteiger charge is -1.73. The number of rotatable bonds is 1. The zero-order valence-corrected chi connectivity index (χ0v) is 1.82. The maximum Gasteiger partial charge on any atom is 0.219 e. The van der Waals surface area contributed by atoms with Crippen molar-refractivity contribution in [3.63, 3.8) is 0 Å². The van der Waals surface area contributed by atoms with Gasteiger partial charge in [-0.15, -0.1) is 0 Å². The van der Waals surface area contributed by atoms with Gasteiger partial charge in [-0.05, 0) is 0 Å². The van der Waals surface area contributed by atoms with Crippen LogP contribution in [-0.4, -0.2) is 0 Å². The van der Waals surface area contributed by atoms with E-state index >= 15 is 0 Å². The molecule has 0 aliphatic heterocycles. The number of hydrogen-bond acceptors (Lipinski definition) is 2. The molecule has 0 fully saturated rings. The molecule has 20 valence electrons. The van der Waals surface area contributed by atoms with Gasteiger partial charge in [-0.3, -0.25) is 0 Å². The summed E-state index contributed by atoms with van der Waals surface area (Å²) in [5.41, 5.74) is 0. The minimum atomic E-state index is 2.96. The molecule has 0 aliphatic rings. The summed E-state index contributed by atoms with van der Waals surface area (Å²) in [5.74, 6) is 0. The summed E-state index contributed by atoms with van der Waals surface area (Å²) in [5, 5.41) is 0. The minimum absolute atomic E-state index is 2.96. The summed E-state index contributed by atoms with van der Waals surface area (Å²) in [6.07, 6.45) is 0. The molecule has 0 unspecified atom stereocenters. The Morgan fingerprint density at radius 2 is 1.25 bits per heavy atom. The van der Waals surface area contributed by atoms with Crippen molar-refractivity contribution >= 4 is 0 Å². The zero-order chi connectivity index (χ0) is 3.41. The van der Waals surface area contributed by atoms with Crippen LogP contribution in [0.15, 0.2) is 0 Å². The first kappa shape index (κ1) is 3.92. The van der Waals surface area contributed by atoms with E-state index in [2.05, 4.69) is 9.78 Å². The van der Waals surface area contributed by atoms with E-state index in [1.807, 2.05) is 0 Å². The van der Waals surface area contributed by atoms with Crippen LogP contribution in [-0.2, 0) is 9.78 Å². The molecular weight excluding hydrogens is 56.0 g/mol. The Morgan fingerprint density at radius 3 is 1.25 bits per heavy atom. The van der Waals surface area contributed by atoms with Gasteiger partial charge >= 0.3 is 0 Å². The lowest BCUT2D eigenvalue weighted by molar-refractivity contribution is -0.205. The van der Waals surface area contributed by atoms with Gasteiger partial charge in [0, 0.05) is 0 Å². The van der Waals surface area contributed by atoms with Crippen LogP contribution < -0.4 is 0 Å². The summed E-state index contributed by atoms with van der Waals surface area (Å²) in [7, 11) is 11.1. The van der Waals surface area contributed by atoms with E-state index in [9.17, 15) is 0 Å². The van der Waals surface area contributed by atoms with E-state index in [-0.39, 0.29) is 0 Å². The smallest absolute Gasteiger partial charge is 0.219 e.